The van der Waals surface area contributed by atoms with Gasteiger partial charge in [-0.05, 0) is 18.8 Å². The molecule has 0 radical (unpaired) electrons. The maximum Gasteiger partial charge on any atom is 0.140 e. The summed E-state index contributed by atoms with van der Waals surface area (Å²) in [5.41, 5.74) is 1.56. The molecule has 2 atom stereocenters. The van der Waals surface area contributed by atoms with Crippen LogP contribution in [0.15, 0.2) is 11.6 Å². The summed E-state index contributed by atoms with van der Waals surface area (Å²) in [6.07, 6.45) is 6.61. The van der Waals surface area contributed by atoms with Crippen LogP contribution in [0.4, 0.5) is 0 Å². The molecular weight excluding hydrogens is 136 g/mol. The molecule has 0 N–H and O–H groups in total. The minimum Gasteiger partial charge on any atom is -0.299 e. The van der Waals surface area contributed by atoms with E-state index in [-0.39, 0.29) is 0 Å². The molecule has 2 aliphatic rings. The van der Waals surface area contributed by atoms with E-state index in [1.165, 1.54) is 12.8 Å². The van der Waals surface area contributed by atoms with Crippen LogP contribution in [0.2, 0.25) is 0 Å². The quantitative estimate of drug-likeness (QED) is 0.552. The van der Waals surface area contributed by atoms with Crippen LogP contribution in [-0.2, 0) is 4.79 Å². The molecule has 1 saturated carbocycles. The molecule has 1 fully saturated rings. The van der Waals surface area contributed by atoms with E-state index in [1.807, 2.05) is 0 Å². The Morgan fingerprint density at radius 1 is 1.64 bits per heavy atom. The summed E-state index contributed by atoms with van der Waals surface area (Å²) in [6, 6.07) is 0. The first kappa shape index (κ1) is 7.08. The minimum atomic E-state index is 0.344. The molecule has 60 valence electrons. The van der Waals surface area contributed by atoms with Crippen LogP contribution in [0, 0.1) is 11.8 Å². The third-order valence-electron chi connectivity index (χ3n) is 2.92. The SMILES string of the molecule is CCCC1=C[C@H]2C(=O)CC[C@@H]12. The number of carbonyl (C=O) groups excluding carboxylic acids is 1. The molecule has 0 unspecified atom stereocenters. The van der Waals surface area contributed by atoms with E-state index in [0.29, 0.717) is 17.6 Å². The predicted molar refractivity (Wildman–Crippen MR) is 44.2 cm³/mol. The van der Waals surface area contributed by atoms with Crippen LogP contribution in [0.5, 0.6) is 0 Å². The first-order valence-electron chi connectivity index (χ1n) is 4.56. The molecule has 0 aliphatic heterocycles. The third-order valence-corrected chi connectivity index (χ3v) is 2.92. The summed E-state index contributed by atoms with van der Waals surface area (Å²) in [7, 11) is 0. The lowest BCUT2D eigenvalue weighted by Crippen LogP contribution is -2.23. The first-order chi connectivity index (χ1) is 5.33. The van der Waals surface area contributed by atoms with Gasteiger partial charge in [-0.1, -0.05) is 25.0 Å². The Kier molecular flexibility index (Phi) is 1.59. The van der Waals surface area contributed by atoms with Crippen molar-refractivity contribution in [3.8, 4) is 0 Å². The summed E-state index contributed by atoms with van der Waals surface area (Å²) >= 11 is 0. The molecule has 11 heavy (non-hydrogen) atoms. The number of allylic oxidation sites excluding steroid dienone is 2. The lowest BCUT2D eigenvalue weighted by atomic mass is 9.75. The molecule has 2 rings (SSSR count). The van der Waals surface area contributed by atoms with E-state index < -0.39 is 0 Å². The van der Waals surface area contributed by atoms with Crippen LogP contribution in [0.3, 0.4) is 0 Å². The van der Waals surface area contributed by atoms with Gasteiger partial charge in [0.25, 0.3) is 0 Å². The highest BCUT2D eigenvalue weighted by molar-refractivity contribution is 5.87. The van der Waals surface area contributed by atoms with Crippen molar-refractivity contribution in [2.24, 2.45) is 11.8 Å². The molecule has 0 saturated heterocycles. The van der Waals surface area contributed by atoms with Gasteiger partial charge in [-0.15, -0.1) is 0 Å². The van der Waals surface area contributed by atoms with Gasteiger partial charge in [0.2, 0.25) is 0 Å². The number of Topliss-reactive ketones (excluding diaryl/α,β-unsaturated/α-hetero) is 1. The fraction of sp³-hybridized carbons (Fsp3) is 0.700. The number of rotatable bonds is 2. The molecule has 0 aromatic heterocycles. The molecule has 0 aromatic carbocycles. The van der Waals surface area contributed by atoms with Crippen LogP contribution in [0.25, 0.3) is 0 Å². The highest BCUT2D eigenvalue weighted by Crippen LogP contribution is 2.45. The number of ketones is 1. The van der Waals surface area contributed by atoms with Crippen LogP contribution in [0.1, 0.15) is 32.6 Å². The van der Waals surface area contributed by atoms with Crippen molar-refractivity contribution >= 4 is 5.78 Å². The van der Waals surface area contributed by atoms with Gasteiger partial charge < -0.3 is 0 Å². The molecule has 2 aliphatic carbocycles. The van der Waals surface area contributed by atoms with Gasteiger partial charge in [0.1, 0.15) is 5.78 Å². The molecule has 0 bridgehead atoms. The Morgan fingerprint density at radius 2 is 2.45 bits per heavy atom. The van der Waals surface area contributed by atoms with Gasteiger partial charge in [0, 0.05) is 12.3 Å². The summed E-state index contributed by atoms with van der Waals surface area (Å²) in [5.74, 6) is 1.49. The molecular formula is C10H14O. The first-order valence-corrected chi connectivity index (χ1v) is 4.56. The third kappa shape index (κ3) is 0.943. The van der Waals surface area contributed by atoms with Crippen molar-refractivity contribution in [1.29, 1.82) is 0 Å². The summed E-state index contributed by atoms with van der Waals surface area (Å²) in [6.45, 7) is 2.20. The Balaban J connectivity index is 2.04. The Morgan fingerprint density at radius 3 is 3.09 bits per heavy atom. The largest absolute Gasteiger partial charge is 0.299 e. The average Bonchev–Trinajstić information content (AvgIpc) is 2.22. The van der Waals surface area contributed by atoms with Crippen molar-refractivity contribution in [3.63, 3.8) is 0 Å². The minimum absolute atomic E-state index is 0.344. The Labute approximate surface area is 67.5 Å². The van der Waals surface area contributed by atoms with E-state index in [9.17, 15) is 4.79 Å². The van der Waals surface area contributed by atoms with Crippen molar-refractivity contribution in [3.05, 3.63) is 11.6 Å². The standard InChI is InChI=1S/C10H14O/c1-2-3-7-6-9-8(7)4-5-10(9)11/h6,8-9H,2-5H2,1H3/t8-,9+/m0/s1. The molecule has 1 heteroatoms. The smallest absolute Gasteiger partial charge is 0.140 e. The van der Waals surface area contributed by atoms with Gasteiger partial charge in [-0.3, -0.25) is 4.79 Å². The van der Waals surface area contributed by atoms with Crippen LogP contribution < -0.4 is 0 Å². The zero-order valence-corrected chi connectivity index (χ0v) is 6.97. The van der Waals surface area contributed by atoms with Crippen molar-refractivity contribution < 1.29 is 4.79 Å². The van der Waals surface area contributed by atoms with Crippen molar-refractivity contribution in [2.75, 3.05) is 0 Å². The van der Waals surface area contributed by atoms with Crippen LogP contribution >= 0.6 is 0 Å². The van der Waals surface area contributed by atoms with Crippen molar-refractivity contribution in [1.82, 2.24) is 0 Å². The summed E-state index contributed by atoms with van der Waals surface area (Å²) in [5, 5.41) is 0. The number of fused-ring (bicyclic) bond motifs is 1. The van der Waals surface area contributed by atoms with Gasteiger partial charge in [-0.2, -0.15) is 0 Å². The number of hydrogen-bond acceptors (Lipinski definition) is 1. The van der Waals surface area contributed by atoms with E-state index in [0.717, 1.165) is 12.8 Å². The lowest BCUT2D eigenvalue weighted by molar-refractivity contribution is -0.120. The normalized spacial score (nSPS) is 34.6. The zero-order chi connectivity index (χ0) is 7.84. The zero-order valence-electron chi connectivity index (χ0n) is 6.97. The molecule has 0 heterocycles. The second-order valence-corrected chi connectivity index (χ2v) is 3.63. The van der Waals surface area contributed by atoms with Crippen LogP contribution in [-0.4, -0.2) is 5.78 Å². The second-order valence-electron chi connectivity index (χ2n) is 3.63. The monoisotopic (exact) mass is 150 g/mol. The predicted octanol–water partition coefficient (Wildman–Crippen LogP) is 2.32. The number of hydrogen-bond donors (Lipinski definition) is 0. The molecule has 1 nitrogen and oxygen atoms in total. The maximum atomic E-state index is 11.1. The number of carbonyl (C=O) groups is 1. The molecule has 0 spiro atoms. The van der Waals surface area contributed by atoms with Crippen molar-refractivity contribution in [2.45, 2.75) is 32.6 Å². The highest BCUT2D eigenvalue weighted by atomic mass is 16.1. The summed E-state index contributed by atoms with van der Waals surface area (Å²) in [4.78, 5) is 11.1. The highest BCUT2D eigenvalue weighted by Gasteiger charge is 2.41. The van der Waals surface area contributed by atoms with Gasteiger partial charge >= 0.3 is 0 Å². The van der Waals surface area contributed by atoms with E-state index in [4.69, 9.17) is 0 Å². The topological polar surface area (TPSA) is 17.1 Å². The average molecular weight is 150 g/mol. The summed E-state index contributed by atoms with van der Waals surface area (Å²) < 4.78 is 0. The molecule has 0 amide bonds. The fourth-order valence-corrected chi connectivity index (χ4v) is 2.29. The van der Waals surface area contributed by atoms with Gasteiger partial charge in [0.05, 0.1) is 0 Å². The van der Waals surface area contributed by atoms with E-state index in [1.54, 1.807) is 5.57 Å². The van der Waals surface area contributed by atoms with Gasteiger partial charge in [-0.25, -0.2) is 0 Å². The van der Waals surface area contributed by atoms with Gasteiger partial charge in [0.15, 0.2) is 0 Å². The lowest BCUT2D eigenvalue weighted by Gasteiger charge is -2.29. The maximum absolute atomic E-state index is 11.1. The second kappa shape index (κ2) is 2.47. The fourth-order valence-electron chi connectivity index (χ4n) is 2.29. The van der Waals surface area contributed by atoms with E-state index >= 15 is 0 Å². The molecule has 0 aromatic rings. The van der Waals surface area contributed by atoms with E-state index in [2.05, 4.69) is 13.0 Å². The Bertz CT molecular complexity index is 215. The Hall–Kier alpha value is -0.590.